The van der Waals surface area contributed by atoms with Crippen molar-refractivity contribution in [3.63, 3.8) is 0 Å². The Morgan fingerprint density at radius 2 is 2.00 bits per heavy atom. The van der Waals surface area contributed by atoms with Gasteiger partial charge in [-0.15, -0.1) is 6.42 Å². The molecule has 254 valence electrons. The molecule has 12 heteroatoms. The van der Waals surface area contributed by atoms with Crippen molar-refractivity contribution < 1.29 is 23.4 Å². The van der Waals surface area contributed by atoms with Gasteiger partial charge in [0.15, 0.2) is 5.82 Å². The number of aromatic nitrogens is 3. The van der Waals surface area contributed by atoms with Gasteiger partial charge in [-0.25, -0.2) is 8.78 Å². The number of aromatic hydroxyl groups is 1. The van der Waals surface area contributed by atoms with Gasteiger partial charge in [-0.05, 0) is 81.8 Å². The molecule has 2 aromatic heterocycles. The lowest BCUT2D eigenvalue weighted by Crippen LogP contribution is -2.57. The van der Waals surface area contributed by atoms with Crippen molar-refractivity contribution in [2.45, 2.75) is 56.7 Å². The molecule has 4 aromatic rings. The van der Waals surface area contributed by atoms with Crippen LogP contribution in [0.4, 0.5) is 14.6 Å². The van der Waals surface area contributed by atoms with E-state index in [-0.39, 0.29) is 63.5 Å². The third-order valence-corrected chi connectivity index (χ3v) is 11.3. The molecule has 0 aliphatic carbocycles. The molecule has 6 heterocycles. The lowest BCUT2D eigenvalue weighted by atomic mass is 9.83. The van der Waals surface area contributed by atoms with E-state index in [1.165, 1.54) is 36.5 Å². The number of piperazine rings is 1. The summed E-state index contributed by atoms with van der Waals surface area (Å²) in [5, 5.41) is 21.8. The third kappa shape index (κ3) is 4.77. The van der Waals surface area contributed by atoms with E-state index in [4.69, 9.17) is 16.1 Å². The van der Waals surface area contributed by atoms with Crippen molar-refractivity contribution in [3.8, 4) is 41.4 Å². The molecule has 4 aliphatic heterocycles. The fourth-order valence-electron chi connectivity index (χ4n) is 8.92. The first-order valence-corrected chi connectivity index (χ1v) is 16.9. The molecule has 2 bridgehead atoms. The van der Waals surface area contributed by atoms with E-state index in [1.807, 2.05) is 11.8 Å². The maximum Gasteiger partial charge on any atom is 0.319 e. The second-order valence-electron chi connectivity index (χ2n) is 14.1. The molecule has 50 heavy (non-hydrogen) atoms. The van der Waals surface area contributed by atoms with Crippen molar-refractivity contribution >= 4 is 33.4 Å². The van der Waals surface area contributed by atoms with Gasteiger partial charge in [0.05, 0.1) is 40.1 Å². The Labute approximate surface area is 288 Å². The number of amides is 1. The largest absolute Gasteiger partial charge is 0.508 e. The second-order valence-corrected chi connectivity index (χ2v) is 14.1. The van der Waals surface area contributed by atoms with E-state index in [0.717, 1.165) is 38.8 Å². The number of nitriles is 1. The summed E-state index contributed by atoms with van der Waals surface area (Å²) in [6.45, 7) is 8.47. The van der Waals surface area contributed by atoms with E-state index < -0.39 is 23.1 Å². The summed E-state index contributed by atoms with van der Waals surface area (Å²) in [6.07, 6.45) is 13.0. The van der Waals surface area contributed by atoms with Crippen LogP contribution in [0.2, 0.25) is 0 Å². The Hall–Kier alpha value is -5.33. The number of carbonyl (C=O) groups excluding carboxylic acids is 1. The monoisotopic (exact) mass is 675 g/mol. The standard InChI is InChI=1S/C38H35F2N7O3/c1-4-25-28(39)9-8-22-14-24(48)15-26(31(22)25)33-32(40)34-27(17-42-33)35(44-36(43-34)50-21-38-10-6-12-46(38)13-7-11-38)45-18-23-16-37(3,20-41)29(19-45)47(23)30(49)5-2/h1,5,8-9,14-15,17,23,29,48H,2,6-7,10-13,16,18-19,21H2,3H3/t23-,29-,37-/m0/s1. The molecule has 8 rings (SSSR count). The van der Waals surface area contributed by atoms with Crippen LogP contribution in [0.25, 0.3) is 32.9 Å². The Balaban J connectivity index is 1.28. The summed E-state index contributed by atoms with van der Waals surface area (Å²) in [4.78, 5) is 33.0. The number of nitrogens with zero attached hydrogens (tertiary/aromatic N) is 7. The first-order valence-electron chi connectivity index (χ1n) is 16.9. The number of carbonyl (C=O) groups is 1. The SMILES string of the molecule is C#Cc1c(F)ccc2cc(O)cc(-c3ncc4c(N5C[C@@H]6C[C@@](C)(C#N)[C@H](C5)N6C(=O)C=C)nc(OCC56CCCN5CCC6)nc4c3F)c12. The van der Waals surface area contributed by atoms with Crippen molar-refractivity contribution in [1.82, 2.24) is 24.8 Å². The molecule has 1 N–H and O–H groups in total. The summed E-state index contributed by atoms with van der Waals surface area (Å²) in [7, 11) is 0. The molecule has 0 spiro atoms. The number of rotatable bonds is 6. The molecule has 0 unspecified atom stereocenters. The fraction of sp³-hybridized carbons (Fsp3) is 0.395. The van der Waals surface area contributed by atoms with E-state index in [0.29, 0.717) is 36.2 Å². The van der Waals surface area contributed by atoms with Crippen molar-refractivity contribution in [2.75, 3.05) is 37.7 Å². The summed E-state index contributed by atoms with van der Waals surface area (Å²) in [6, 6.07) is 7.05. The van der Waals surface area contributed by atoms with Gasteiger partial charge in [-0.1, -0.05) is 18.6 Å². The van der Waals surface area contributed by atoms with Crippen LogP contribution in [0.5, 0.6) is 11.8 Å². The van der Waals surface area contributed by atoms with Crippen LogP contribution in [-0.4, -0.2) is 86.2 Å². The number of halogens is 2. The predicted octanol–water partition coefficient (Wildman–Crippen LogP) is 5.32. The highest BCUT2D eigenvalue weighted by molar-refractivity contribution is 6.03. The summed E-state index contributed by atoms with van der Waals surface area (Å²) >= 11 is 0. The van der Waals surface area contributed by atoms with Gasteiger partial charge in [0.1, 0.15) is 35.2 Å². The molecule has 4 saturated heterocycles. The molecule has 2 aromatic carbocycles. The third-order valence-electron chi connectivity index (χ3n) is 11.3. The number of hydrogen-bond acceptors (Lipinski definition) is 9. The predicted molar refractivity (Wildman–Crippen MR) is 183 cm³/mol. The smallest absolute Gasteiger partial charge is 0.319 e. The number of terminal acetylenes is 1. The Morgan fingerprint density at radius 1 is 1.22 bits per heavy atom. The van der Waals surface area contributed by atoms with Crippen molar-refractivity contribution in [3.05, 3.63) is 60.3 Å². The van der Waals surface area contributed by atoms with Gasteiger partial charge in [-0.3, -0.25) is 14.7 Å². The number of pyridine rings is 1. The minimum Gasteiger partial charge on any atom is -0.508 e. The normalized spacial score (nSPS) is 23.9. The van der Waals surface area contributed by atoms with Gasteiger partial charge < -0.3 is 19.6 Å². The average molecular weight is 676 g/mol. The minimum atomic E-state index is -0.818. The van der Waals surface area contributed by atoms with Gasteiger partial charge >= 0.3 is 6.01 Å². The number of benzene rings is 2. The van der Waals surface area contributed by atoms with Crippen LogP contribution < -0.4 is 9.64 Å². The zero-order valence-electron chi connectivity index (χ0n) is 27.6. The molecule has 1 amide bonds. The summed E-state index contributed by atoms with van der Waals surface area (Å²) in [5.74, 6) is 0.846. The highest BCUT2D eigenvalue weighted by Gasteiger charge is 2.55. The number of ether oxygens (including phenoxy) is 1. The summed E-state index contributed by atoms with van der Waals surface area (Å²) in [5.41, 5.74) is -1.15. The Kier molecular flexibility index (Phi) is 7.42. The highest BCUT2D eigenvalue weighted by atomic mass is 19.1. The average Bonchev–Trinajstić information content (AvgIpc) is 3.75. The first kappa shape index (κ1) is 31.9. The highest BCUT2D eigenvalue weighted by Crippen LogP contribution is 2.46. The number of anilines is 1. The number of phenols is 1. The van der Waals surface area contributed by atoms with Gasteiger partial charge in [0, 0.05) is 30.2 Å². The lowest BCUT2D eigenvalue weighted by molar-refractivity contribution is -0.129. The second kappa shape index (κ2) is 11.6. The van der Waals surface area contributed by atoms with Crippen molar-refractivity contribution in [2.24, 2.45) is 5.41 Å². The van der Waals surface area contributed by atoms with Crippen LogP contribution in [0.15, 0.2) is 43.1 Å². The topological polar surface area (TPSA) is 119 Å². The molecule has 4 fully saturated rings. The Bertz CT molecular complexity index is 2190. The maximum atomic E-state index is 17.0. The molecule has 0 saturated carbocycles. The van der Waals surface area contributed by atoms with E-state index in [1.54, 1.807) is 4.90 Å². The zero-order chi connectivity index (χ0) is 34.9. The molecule has 3 atom stereocenters. The lowest BCUT2D eigenvalue weighted by Gasteiger charge is -2.42. The molecular weight excluding hydrogens is 640 g/mol. The maximum absolute atomic E-state index is 17.0. The number of phenolic OH excluding ortho intramolecular Hbond substituents is 1. The molecule has 4 aliphatic rings. The van der Waals surface area contributed by atoms with Crippen LogP contribution in [-0.2, 0) is 4.79 Å². The van der Waals surface area contributed by atoms with Crippen LogP contribution >= 0.6 is 0 Å². The zero-order valence-corrected chi connectivity index (χ0v) is 27.6. The van der Waals surface area contributed by atoms with E-state index in [2.05, 4.69) is 33.4 Å². The van der Waals surface area contributed by atoms with Gasteiger partial charge in [-0.2, -0.15) is 15.2 Å². The van der Waals surface area contributed by atoms with Crippen molar-refractivity contribution in [1.29, 1.82) is 5.26 Å². The molecule has 0 radical (unpaired) electrons. The van der Waals surface area contributed by atoms with E-state index >= 15 is 4.39 Å². The van der Waals surface area contributed by atoms with E-state index in [9.17, 15) is 19.6 Å². The number of hydrogen-bond donors (Lipinski definition) is 1. The van der Waals surface area contributed by atoms with Crippen LogP contribution in [0, 0.1) is 40.7 Å². The fourth-order valence-corrected chi connectivity index (χ4v) is 8.92. The summed E-state index contributed by atoms with van der Waals surface area (Å²) < 4.78 is 38.3. The molecular formula is C38H35F2N7O3. The number of fused-ring (bicyclic) bond motifs is 5. The van der Waals surface area contributed by atoms with Gasteiger partial charge in [0.25, 0.3) is 0 Å². The van der Waals surface area contributed by atoms with Crippen LogP contribution in [0.3, 0.4) is 0 Å². The first-order chi connectivity index (χ1) is 24.1. The minimum absolute atomic E-state index is 0.00668. The van der Waals surface area contributed by atoms with Gasteiger partial charge in [0.2, 0.25) is 5.91 Å². The molecule has 10 nitrogen and oxygen atoms in total. The van der Waals surface area contributed by atoms with Crippen LogP contribution in [0.1, 0.15) is 44.6 Å². The quantitative estimate of drug-likeness (QED) is 0.214. The Morgan fingerprint density at radius 3 is 2.72 bits per heavy atom.